The normalized spacial score (nSPS) is 12.3. The Labute approximate surface area is 87.9 Å². The Balaban J connectivity index is 2.70. The molecule has 1 aromatic heterocycles. The van der Waals surface area contributed by atoms with Crippen LogP contribution >= 0.6 is 11.6 Å². The molecule has 0 aliphatic carbocycles. The van der Waals surface area contributed by atoms with Crippen molar-refractivity contribution < 1.29 is 13.2 Å². The van der Waals surface area contributed by atoms with Gasteiger partial charge in [-0.2, -0.15) is 0 Å². The van der Waals surface area contributed by atoms with E-state index in [0.29, 0.717) is 5.52 Å². The zero-order chi connectivity index (χ0) is 10.3. The third-order valence-electron chi connectivity index (χ3n) is 1.64. The van der Waals surface area contributed by atoms with Gasteiger partial charge in [0.1, 0.15) is 0 Å². The van der Waals surface area contributed by atoms with Crippen molar-refractivity contribution in [1.82, 2.24) is 7.96 Å². The molecular weight excluding hydrogens is 283 g/mol. The summed E-state index contributed by atoms with van der Waals surface area (Å²) in [5, 5.41) is 0.0120. The molecule has 0 unspecified atom stereocenters. The SMILES string of the molecule is FC(F)(F)c1cc(Cl)c2n[se]nc2c1. The molecule has 0 radical (unpaired) electrons. The predicted octanol–water partition coefficient (Wildman–Crippen LogP) is 2.36. The van der Waals surface area contributed by atoms with Crippen LogP contribution in [0.2, 0.25) is 5.02 Å². The monoisotopic (exact) mass is 286 g/mol. The number of fused-ring (bicyclic) bond motifs is 1. The Morgan fingerprint density at radius 2 is 1.93 bits per heavy atom. The van der Waals surface area contributed by atoms with Crippen molar-refractivity contribution >= 4 is 37.6 Å². The van der Waals surface area contributed by atoms with Gasteiger partial charge in [0.05, 0.1) is 0 Å². The Morgan fingerprint density at radius 3 is 2.57 bits per heavy atom. The van der Waals surface area contributed by atoms with Gasteiger partial charge in [-0.1, -0.05) is 0 Å². The average Bonchev–Trinajstić information content (AvgIpc) is 2.50. The van der Waals surface area contributed by atoms with Crippen LogP contribution in [0.25, 0.3) is 11.0 Å². The summed E-state index contributed by atoms with van der Waals surface area (Å²) < 4.78 is 44.7. The molecule has 0 saturated carbocycles. The van der Waals surface area contributed by atoms with Crippen molar-refractivity contribution in [2.24, 2.45) is 0 Å². The number of nitrogens with zero attached hydrogens (tertiary/aromatic N) is 2. The van der Waals surface area contributed by atoms with Gasteiger partial charge in [0.2, 0.25) is 0 Å². The van der Waals surface area contributed by atoms with Gasteiger partial charge < -0.3 is 0 Å². The van der Waals surface area contributed by atoms with Crippen molar-refractivity contribution in [3.05, 3.63) is 22.7 Å². The van der Waals surface area contributed by atoms with Gasteiger partial charge in [0.25, 0.3) is 0 Å². The third kappa shape index (κ3) is 1.65. The fourth-order valence-electron chi connectivity index (χ4n) is 1.01. The molecule has 2 aromatic rings. The minimum atomic E-state index is -4.39. The van der Waals surface area contributed by atoms with E-state index in [9.17, 15) is 13.2 Å². The molecule has 2 nitrogen and oxygen atoms in total. The maximum atomic E-state index is 12.3. The molecule has 0 bridgehead atoms. The molecule has 0 fully saturated rings. The Hall–Kier alpha value is -0.581. The summed E-state index contributed by atoms with van der Waals surface area (Å²) in [4.78, 5) is 0. The van der Waals surface area contributed by atoms with Crippen LogP contribution in [0.3, 0.4) is 0 Å². The van der Waals surface area contributed by atoms with E-state index >= 15 is 0 Å². The van der Waals surface area contributed by atoms with Crippen LogP contribution in [0.15, 0.2) is 12.1 Å². The van der Waals surface area contributed by atoms with E-state index in [0.717, 1.165) is 12.1 Å². The summed E-state index contributed by atoms with van der Waals surface area (Å²) in [6, 6.07) is 1.85. The zero-order valence-electron chi connectivity index (χ0n) is 6.47. The summed E-state index contributed by atoms with van der Waals surface area (Å²) in [5.41, 5.74) is -0.164. The van der Waals surface area contributed by atoms with E-state index in [1.165, 1.54) is 0 Å². The molecule has 14 heavy (non-hydrogen) atoms. The minimum absolute atomic E-state index is 0.0120. The molecule has 1 heterocycles. The van der Waals surface area contributed by atoms with Crippen LogP contribution in [0.5, 0.6) is 0 Å². The Morgan fingerprint density at radius 1 is 1.21 bits per heavy atom. The predicted molar refractivity (Wildman–Crippen MR) is 46.5 cm³/mol. The summed E-state index contributed by atoms with van der Waals surface area (Å²) in [6.45, 7) is 0. The molecule has 0 amide bonds. The molecule has 0 atom stereocenters. The van der Waals surface area contributed by atoms with E-state index in [4.69, 9.17) is 11.6 Å². The van der Waals surface area contributed by atoms with Gasteiger partial charge in [-0.05, 0) is 0 Å². The second-order valence-electron chi connectivity index (χ2n) is 2.59. The van der Waals surface area contributed by atoms with Gasteiger partial charge in [-0.3, -0.25) is 0 Å². The van der Waals surface area contributed by atoms with Crippen molar-refractivity contribution in [2.75, 3.05) is 0 Å². The van der Waals surface area contributed by atoms with Crippen LogP contribution < -0.4 is 0 Å². The second-order valence-corrected chi connectivity index (χ2v) is 4.10. The summed E-state index contributed by atoms with van der Waals surface area (Å²) >= 11 is 5.27. The van der Waals surface area contributed by atoms with E-state index in [1.807, 2.05) is 0 Å². The maximum absolute atomic E-state index is 12.3. The van der Waals surface area contributed by atoms with Crippen LogP contribution in [0.1, 0.15) is 5.56 Å². The molecule has 2 rings (SSSR count). The fourth-order valence-corrected chi connectivity index (χ4v) is 2.52. The van der Waals surface area contributed by atoms with Gasteiger partial charge in [0.15, 0.2) is 0 Å². The number of alkyl halides is 3. The molecule has 7 heteroatoms. The standard InChI is InChI=1S/C7H2ClF3N2Se/c8-4-1-3(7(9,10)11)2-5-6(4)13-14-12-5/h1-2H. The van der Waals surface area contributed by atoms with Crippen molar-refractivity contribution in [2.45, 2.75) is 6.18 Å². The van der Waals surface area contributed by atoms with Crippen molar-refractivity contribution in [1.29, 1.82) is 0 Å². The summed E-state index contributed by atoms with van der Waals surface area (Å²) in [5.74, 6) is 0. The summed E-state index contributed by atoms with van der Waals surface area (Å²) in [6.07, 6.45) is -4.39. The zero-order valence-corrected chi connectivity index (χ0v) is 8.94. The van der Waals surface area contributed by atoms with Gasteiger partial charge in [-0.25, -0.2) is 0 Å². The Bertz CT molecular complexity index is 479. The van der Waals surface area contributed by atoms with Gasteiger partial charge in [-0.15, -0.1) is 0 Å². The van der Waals surface area contributed by atoms with E-state index < -0.39 is 11.7 Å². The third-order valence-corrected chi connectivity index (χ3v) is 3.07. The fraction of sp³-hybridized carbons (Fsp3) is 0.143. The van der Waals surface area contributed by atoms with E-state index in [-0.39, 0.29) is 25.5 Å². The number of halogens is 4. The average molecular weight is 286 g/mol. The number of rotatable bonds is 0. The first kappa shape index (κ1) is 9.96. The molecule has 0 aliphatic heterocycles. The molecule has 0 saturated heterocycles. The van der Waals surface area contributed by atoms with Crippen LogP contribution in [0.4, 0.5) is 13.2 Å². The van der Waals surface area contributed by atoms with Crippen molar-refractivity contribution in [3.8, 4) is 0 Å². The first-order chi connectivity index (χ1) is 6.48. The second kappa shape index (κ2) is 3.22. The van der Waals surface area contributed by atoms with Gasteiger partial charge in [0, 0.05) is 0 Å². The molecule has 1 aromatic carbocycles. The van der Waals surface area contributed by atoms with Crippen LogP contribution in [-0.2, 0) is 6.18 Å². The summed E-state index contributed by atoms with van der Waals surface area (Å²) in [7, 11) is 0. The molecular formula is C7H2ClF3N2Se. The number of benzene rings is 1. The number of hydrogen-bond donors (Lipinski definition) is 0. The van der Waals surface area contributed by atoms with E-state index in [2.05, 4.69) is 7.96 Å². The first-order valence-electron chi connectivity index (χ1n) is 3.47. The molecule has 74 valence electrons. The van der Waals surface area contributed by atoms with Gasteiger partial charge >= 0.3 is 87.6 Å². The van der Waals surface area contributed by atoms with Crippen LogP contribution in [-0.4, -0.2) is 22.9 Å². The first-order valence-corrected chi connectivity index (χ1v) is 5.38. The Kier molecular flexibility index (Phi) is 2.29. The van der Waals surface area contributed by atoms with E-state index in [1.54, 1.807) is 0 Å². The molecule has 0 spiro atoms. The topological polar surface area (TPSA) is 25.8 Å². The van der Waals surface area contributed by atoms with Crippen molar-refractivity contribution in [3.63, 3.8) is 0 Å². The molecule has 0 aliphatic rings. The van der Waals surface area contributed by atoms with Crippen LogP contribution in [0, 0.1) is 0 Å². The number of aromatic nitrogens is 2. The quantitative estimate of drug-likeness (QED) is 0.695. The molecule has 0 N–H and O–H groups in total. The number of hydrogen-bond acceptors (Lipinski definition) is 2.